The summed E-state index contributed by atoms with van der Waals surface area (Å²) in [5.41, 5.74) is 2.43. The second-order valence-electron chi connectivity index (χ2n) is 8.77. The summed E-state index contributed by atoms with van der Waals surface area (Å²) in [4.78, 5) is 46.9. The number of nitrogens with one attached hydrogen (secondary N) is 2. The van der Waals surface area contributed by atoms with Crippen LogP contribution in [0.2, 0.25) is 0 Å². The number of carbonyl (C=O) groups is 2. The van der Waals surface area contributed by atoms with Crippen LogP contribution in [0.25, 0.3) is 0 Å². The molecular weight excluding hydrogens is 566 g/mol. The zero-order valence-electron chi connectivity index (χ0n) is 22.8. The average molecular weight is 596 g/mol. The molecule has 2 N–H and O–H groups in total. The molecule has 0 aliphatic heterocycles. The minimum Gasteiger partial charge on any atom is -0.493 e. The van der Waals surface area contributed by atoms with Gasteiger partial charge in [0.2, 0.25) is 0 Å². The Hall–Kier alpha value is -4.98. The molecule has 0 aromatic heterocycles. The maximum Gasteiger partial charge on any atom is 0.277 e. The summed E-state index contributed by atoms with van der Waals surface area (Å²) in [5, 5.41) is 29.0. The largest absolute Gasteiger partial charge is 0.493 e. The Labute approximate surface area is 245 Å². The van der Waals surface area contributed by atoms with Crippen molar-refractivity contribution >= 4 is 41.2 Å². The highest BCUT2D eigenvalue weighted by atomic mass is 32.2. The van der Waals surface area contributed by atoms with E-state index in [4.69, 9.17) is 9.47 Å². The summed E-state index contributed by atoms with van der Waals surface area (Å²) in [7, 11) is 1.51. The number of non-ortho nitro benzene ring substituents is 2. The lowest BCUT2D eigenvalue weighted by molar-refractivity contribution is -0.394. The number of hydrogen-bond donors (Lipinski definition) is 2. The first-order valence-corrected chi connectivity index (χ1v) is 13.9. The van der Waals surface area contributed by atoms with Gasteiger partial charge in [0.05, 0.1) is 41.4 Å². The van der Waals surface area contributed by atoms with Crippen LogP contribution in [0.3, 0.4) is 0 Å². The minimum absolute atomic E-state index is 0.121. The molecule has 0 heterocycles. The van der Waals surface area contributed by atoms with Crippen molar-refractivity contribution in [2.45, 2.75) is 25.1 Å². The number of carbonyl (C=O) groups excluding carboxylic acids is 2. The van der Waals surface area contributed by atoms with E-state index < -0.39 is 39.1 Å². The number of nitro benzene ring substituents is 2. The fraction of sp³-hybridized carbons (Fsp3) is 0.250. The molecule has 13 nitrogen and oxygen atoms in total. The first-order chi connectivity index (χ1) is 20.2. The van der Waals surface area contributed by atoms with Gasteiger partial charge in [-0.2, -0.15) is 16.9 Å². The molecule has 3 aromatic carbocycles. The first kappa shape index (κ1) is 31.5. The van der Waals surface area contributed by atoms with Gasteiger partial charge in [-0.1, -0.05) is 37.3 Å². The van der Waals surface area contributed by atoms with Crippen LogP contribution in [0, 0.1) is 20.2 Å². The molecule has 0 radical (unpaired) electrons. The van der Waals surface area contributed by atoms with Crippen LogP contribution in [-0.2, 0) is 10.5 Å². The fourth-order valence-corrected chi connectivity index (χ4v) is 4.59. The Bertz CT molecular complexity index is 1420. The van der Waals surface area contributed by atoms with Crippen LogP contribution in [0.5, 0.6) is 11.5 Å². The number of amides is 2. The van der Waals surface area contributed by atoms with Crippen molar-refractivity contribution in [2.75, 3.05) is 19.5 Å². The van der Waals surface area contributed by atoms with Crippen LogP contribution in [-0.4, -0.2) is 53.4 Å². The van der Waals surface area contributed by atoms with Crippen LogP contribution < -0.4 is 20.2 Å². The SMILES string of the molecule is CCCOc1ccc(/C=N/NC(=O)C(CSCc2ccccc2)NC(=O)c2cc([N+](=O)[O-])cc([N+](=O)[O-])c2)cc1OC. The molecule has 1 atom stereocenters. The van der Waals surface area contributed by atoms with Gasteiger partial charge in [-0.25, -0.2) is 5.43 Å². The molecule has 0 aliphatic rings. The number of ether oxygens (including phenoxy) is 2. The highest BCUT2D eigenvalue weighted by Gasteiger charge is 2.25. The summed E-state index contributed by atoms with van der Waals surface area (Å²) < 4.78 is 11.0. The predicted molar refractivity (Wildman–Crippen MR) is 158 cm³/mol. The van der Waals surface area contributed by atoms with Gasteiger partial charge < -0.3 is 14.8 Å². The van der Waals surface area contributed by atoms with Crippen LogP contribution >= 0.6 is 11.8 Å². The van der Waals surface area contributed by atoms with E-state index in [1.54, 1.807) is 18.2 Å². The van der Waals surface area contributed by atoms with Crippen LogP contribution in [0.1, 0.15) is 34.8 Å². The monoisotopic (exact) mass is 595 g/mol. The normalized spacial score (nSPS) is 11.5. The molecule has 0 saturated carbocycles. The van der Waals surface area contributed by atoms with E-state index >= 15 is 0 Å². The highest BCUT2D eigenvalue weighted by molar-refractivity contribution is 7.98. The van der Waals surface area contributed by atoms with Crippen molar-refractivity contribution in [3.63, 3.8) is 0 Å². The van der Waals surface area contributed by atoms with Gasteiger partial charge in [-0.15, -0.1) is 0 Å². The van der Waals surface area contributed by atoms with E-state index in [9.17, 15) is 29.8 Å². The van der Waals surface area contributed by atoms with Crippen molar-refractivity contribution in [2.24, 2.45) is 5.10 Å². The molecule has 220 valence electrons. The molecule has 42 heavy (non-hydrogen) atoms. The number of nitrogens with zero attached hydrogens (tertiary/aromatic N) is 3. The number of rotatable bonds is 15. The first-order valence-electron chi connectivity index (χ1n) is 12.7. The molecule has 0 spiro atoms. The van der Waals surface area contributed by atoms with E-state index in [-0.39, 0.29) is 11.3 Å². The Morgan fingerprint density at radius 1 is 1.00 bits per heavy atom. The second kappa shape index (κ2) is 15.7. The van der Waals surface area contributed by atoms with Crippen molar-refractivity contribution in [1.29, 1.82) is 0 Å². The molecule has 0 bridgehead atoms. The van der Waals surface area contributed by atoms with Crippen molar-refractivity contribution < 1.29 is 28.9 Å². The van der Waals surface area contributed by atoms with Gasteiger partial charge in [0.15, 0.2) is 11.5 Å². The molecule has 0 fully saturated rings. The molecule has 3 aromatic rings. The van der Waals surface area contributed by atoms with Gasteiger partial charge in [0, 0.05) is 23.6 Å². The predicted octanol–water partition coefficient (Wildman–Crippen LogP) is 4.48. The summed E-state index contributed by atoms with van der Waals surface area (Å²) in [6.45, 7) is 2.51. The number of hydrazone groups is 1. The number of thioether (sulfide) groups is 1. The third-order valence-electron chi connectivity index (χ3n) is 5.64. The van der Waals surface area contributed by atoms with Gasteiger partial charge in [0.25, 0.3) is 23.2 Å². The van der Waals surface area contributed by atoms with Crippen molar-refractivity contribution in [1.82, 2.24) is 10.7 Å². The zero-order valence-corrected chi connectivity index (χ0v) is 23.7. The summed E-state index contributed by atoms with van der Waals surface area (Å²) in [6.07, 6.45) is 2.22. The summed E-state index contributed by atoms with van der Waals surface area (Å²) >= 11 is 1.36. The Kier molecular flexibility index (Phi) is 11.8. The standard InChI is InChI=1S/C28H29N5O8S/c1-3-11-41-25-10-9-20(12-26(25)40-2)16-29-31-28(35)24(18-42-17-19-7-5-4-6-8-19)30-27(34)21-13-22(32(36)37)15-23(14-21)33(38)39/h4-10,12-16,24H,3,11,17-18H2,1-2H3,(H,30,34)(H,31,35)/b29-16+. The van der Waals surface area contributed by atoms with Crippen LogP contribution in [0.4, 0.5) is 11.4 Å². The van der Waals surface area contributed by atoms with E-state index in [1.165, 1.54) is 25.1 Å². The topological polar surface area (TPSA) is 175 Å². The maximum absolute atomic E-state index is 13.1. The smallest absolute Gasteiger partial charge is 0.277 e. The maximum atomic E-state index is 13.1. The van der Waals surface area contributed by atoms with Crippen LogP contribution in [0.15, 0.2) is 71.8 Å². The Morgan fingerprint density at radius 2 is 1.69 bits per heavy atom. The number of hydrogen-bond acceptors (Lipinski definition) is 10. The van der Waals surface area contributed by atoms with E-state index in [0.717, 1.165) is 30.2 Å². The molecule has 2 amide bonds. The highest BCUT2D eigenvalue weighted by Crippen LogP contribution is 2.27. The number of benzene rings is 3. The van der Waals surface area contributed by atoms with Gasteiger partial charge in [0.1, 0.15) is 6.04 Å². The van der Waals surface area contributed by atoms with Gasteiger partial charge in [-0.3, -0.25) is 29.8 Å². The Morgan fingerprint density at radius 3 is 2.31 bits per heavy atom. The third kappa shape index (κ3) is 9.30. The van der Waals surface area contributed by atoms with E-state index in [1.807, 2.05) is 37.3 Å². The summed E-state index contributed by atoms with van der Waals surface area (Å²) in [6, 6.07) is 16.1. The van der Waals surface area contributed by atoms with E-state index in [0.29, 0.717) is 29.4 Å². The molecule has 0 saturated heterocycles. The zero-order chi connectivity index (χ0) is 30.5. The lowest BCUT2D eigenvalue weighted by Crippen LogP contribution is -2.47. The summed E-state index contributed by atoms with van der Waals surface area (Å²) in [5.74, 6) is 0.176. The number of methoxy groups -OCH3 is 1. The molecule has 3 rings (SSSR count). The van der Waals surface area contributed by atoms with E-state index in [2.05, 4.69) is 15.8 Å². The number of nitro groups is 2. The lowest BCUT2D eigenvalue weighted by Gasteiger charge is -2.17. The van der Waals surface area contributed by atoms with Crippen molar-refractivity contribution in [3.05, 3.63) is 104 Å². The second-order valence-corrected chi connectivity index (χ2v) is 9.80. The van der Waals surface area contributed by atoms with Gasteiger partial charge >= 0.3 is 0 Å². The molecule has 1 unspecified atom stereocenters. The van der Waals surface area contributed by atoms with Crippen molar-refractivity contribution in [3.8, 4) is 11.5 Å². The third-order valence-corrected chi connectivity index (χ3v) is 6.75. The molecular formula is C28H29N5O8S. The fourth-order valence-electron chi connectivity index (χ4n) is 3.57. The molecule has 0 aliphatic carbocycles. The minimum atomic E-state index is -1.12. The lowest BCUT2D eigenvalue weighted by atomic mass is 10.1. The Balaban J connectivity index is 1.76. The van der Waals surface area contributed by atoms with Gasteiger partial charge in [-0.05, 0) is 35.7 Å². The quantitative estimate of drug-likeness (QED) is 0.146. The molecule has 14 heteroatoms. The average Bonchev–Trinajstić information content (AvgIpc) is 2.99.